The summed E-state index contributed by atoms with van der Waals surface area (Å²) in [5.41, 5.74) is 1.03. The zero-order chi connectivity index (χ0) is 14.5. The van der Waals surface area contributed by atoms with Gasteiger partial charge >= 0.3 is 12.0 Å². The quantitative estimate of drug-likeness (QED) is 0.596. The van der Waals surface area contributed by atoms with Crippen LogP contribution in [0.15, 0.2) is 11.3 Å². The molecule has 1 atom stereocenters. The molecule has 0 aromatic heterocycles. The van der Waals surface area contributed by atoms with Gasteiger partial charge in [0.25, 0.3) is 0 Å². The van der Waals surface area contributed by atoms with E-state index < -0.39 is 5.97 Å². The van der Waals surface area contributed by atoms with Gasteiger partial charge in [-0.1, -0.05) is 0 Å². The van der Waals surface area contributed by atoms with E-state index in [4.69, 9.17) is 4.74 Å². The molecule has 0 bridgehead atoms. The topological polar surface area (TPSA) is 90.9 Å². The van der Waals surface area contributed by atoms with Crippen LogP contribution in [0.5, 0.6) is 0 Å². The minimum atomic E-state index is -0.408. The van der Waals surface area contributed by atoms with E-state index in [9.17, 15) is 14.7 Å². The number of esters is 1. The van der Waals surface area contributed by atoms with Crippen molar-refractivity contribution in [1.29, 1.82) is 0 Å². The van der Waals surface area contributed by atoms with Crippen LogP contribution in [0.1, 0.15) is 19.8 Å². The summed E-state index contributed by atoms with van der Waals surface area (Å²) in [6, 6.07) is -0.217. The summed E-state index contributed by atoms with van der Waals surface area (Å²) in [7, 11) is 0. The summed E-state index contributed by atoms with van der Waals surface area (Å²) in [6.45, 7) is 3.62. The van der Waals surface area contributed by atoms with Gasteiger partial charge in [-0.2, -0.15) is 0 Å². The lowest BCUT2D eigenvalue weighted by Crippen LogP contribution is -2.47. The Kier molecular flexibility index (Phi) is 4.97. The molecule has 2 heterocycles. The lowest BCUT2D eigenvalue weighted by atomic mass is 10.1. The van der Waals surface area contributed by atoms with Crippen molar-refractivity contribution >= 4 is 12.0 Å². The predicted octanol–water partition coefficient (Wildman–Crippen LogP) is -0.427. The number of urea groups is 1. The number of nitrogens with zero attached hydrogens (tertiary/aromatic N) is 1. The number of amides is 2. The minimum Gasteiger partial charge on any atom is -0.463 e. The summed E-state index contributed by atoms with van der Waals surface area (Å²) in [5.74, 6) is -0.408. The average Bonchev–Trinajstić information content (AvgIpc) is 2.86. The van der Waals surface area contributed by atoms with Crippen LogP contribution in [0.2, 0.25) is 0 Å². The molecule has 1 unspecified atom stereocenters. The van der Waals surface area contributed by atoms with Crippen LogP contribution in [-0.4, -0.2) is 60.9 Å². The van der Waals surface area contributed by atoms with Crippen molar-refractivity contribution in [3.05, 3.63) is 11.3 Å². The lowest BCUT2D eigenvalue weighted by molar-refractivity contribution is -0.138. The van der Waals surface area contributed by atoms with E-state index in [1.165, 1.54) is 0 Å². The molecule has 0 aromatic rings. The zero-order valence-corrected chi connectivity index (χ0v) is 11.6. The normalized spacial score (nSPS) is 23.5. The number of nitrogens with one attached hydrogen (secondary N) is 2. The van der Waals surface area contributed by atoms with Crippen LogP contribution in [0.3, 0.4) is 0 Å². The third kappa shape index (κ3) is 3.29. The molecule has 1 fully saturated rings. The van der Waals surface area contributed by atoms with E-state index in [2.05, 4.69) is 15.5 Å². The second kappa shape index (κ2) is 6.71. The van der Waals surface area contributed by atoms with Gasteiger partial charge in [-0.25, -0.2) is 9.59 Å². The van der Waals surface area contributed by atoms with Crippen molar-refractivity contribution in [3.8, 4) is 0 Å². The van der Waals surface area contributed by atoms with E-state index >= 15 is 0 Å². The molecule has 7 nitrogen and oxygen atoms in total. The average molecular weight is 283 g/mol. The monoisotopic (exact) mass is 283 g/mol. The van der Waals surface area contributed by atoms with E-state index in [0.717, 1.165) is 19.4 Å². The Hall–Kier alpha value is -1.60. The first kappa shape index (κ1) is 14.8. The van der Waals surface area contributed by atoms with Gasteiger partial charge in [0.15, 0.2) is 0 Å². The zero-order valence-electron chi connectivity index (χ0n) is 11.6. The van der Waals surface area contributed by atoms with Crippen molar-refractivity contribution in [1.82, 2.24) is 15.5 Å². The highest BCUT2D eigenvalue weighted by Gasteiger charge is 2.29. The molecule has 1 saturated heterocycles. The maximum atomic E-state index is 11.9. The molecule has 2 rings (SSSR count). The number of hydrogen-bond acceptors (Lipinski definition) is 5. The highest BCUT2D eigenvalue weighted by Crippen LogP contribution is 2.19. The van der Waals surface area contributed by atoms with E-state index in [1.54, 1.807) is 6.92 Å². The summed E-state index contributed by atoms with van der Waals surface area (Å²) < 4.78 is 5.01. The third-order valence-corrected chi connectivity index (χ3v) is 3.65. The fourth-order valence-electron chi connectivity index (χ4n) is 2.59. The molecule has 112 valence electrons. The molecular weight excluding hydrogens is 262 g/mol. The van der Waals surface area contributed by atoms with Crippen LogP contribution in [0.25, 0.3) is 0 Å². The van der Waals surface area contributed by atoms with Gasteiger partial charge in [-0.05, 0) is 26.3 Å². The Balaban J connectivity index is 2.14. The SMILES string of the molecule is CCOC(=O)C1=C(CN2CCCC2CO)NC(=O)NC1. The standard InChI is InChI=1S/C13H21N3O4/c1-2-20-12(18)10-6-14-13(19)15-11(10)7-16-5-3-4-9(16)8-17/h9,17H,2-8H2,1H3,(H2,14,15,19). The van der Waals surface area contributed by atoms with Crippen LogP contribution >= 0.6 is 0 Å². The molecule has 0 radical (unpaired) electrons. The smallest absolute Gasteiger partial charge is 0.337 e. The molecule has 0 aliphatic carbocycles. The molecule has 3 N–H and O–H groups in total. The maximum absolute atomic E-state index is 11.9. The summed E-state index contributed by atoms with van der Waals surface area (Å²) in [6.07, 6.45) is 1.95. The van der Waals surface area contributed by atoms with Crippen LogP contribution < -0.4 is 10.6 Å². The highest BCUT2D eigenvalue weighted by molar-refractivity contribution is 5.93. The molecule has 2 amide bonds. The largest absolute Gasteiger partial charge is 0.463 e. The van der Waals surface area contributed by atoms with E-state index in [0.29, 0.717) is 24.4 Å². The second-order valence-electron chi connectivity index (χ2n) is 4.93. The van der Waals surface area contributed by atoms with Crippen molar-refractivity contribution in [3.63, 3.8) is 0 Å². The Morgan fingerprint density at radius 3 is 3.05 bits per heavy atom. The first-order valence-electron chi connectivity index (χ1n) is 6.94. The lowest BCUT2D eigenvalue weighted by Gasteiger charge is -2.28. The van der Waals surface area contributed by atoms with Gasteiger partial charge in [0.05, 0.1) is 25.3 Å². The fraction of sp³-hybridized carbons (Fsp3) is 0.692. The fourth-order valence-corrected chi connectivity index (χ4v) is 2.59. The number of ether oxygens (including phenoxy) is 1. The molecule has 20 heavy (non-hydrogen) atoms. The number of rotatable bonds is 5. The third-order valence-electron chi connectivity index (χ3n) is 3.65. The first-order valence-corrected chi connectivity index (χ1v) is 6.94. The maximum Gasteiger partial charge on any atom is 0.337 e. The van der Waals surface area contributed by atoms with Gasteiger partial charge in [0, 0.05) is 18.3 Å². The number of likely N-dealkylation sites (tertiary alicyclic amines) is 1. The molecule has 2 aliphatic rings. The van der Waals surface area contributed by atoms with E-state index in [1.807, 2.05) is 0 Å². The van der Waals surface area contributed by atoms with Crippen molar-refractivity contribution in [2.24, 2.45) is 0 Å². The van der Waals surface area contributed by atoms with Gasteiger partial charge in [0.2, 0.25) is 0 Å². The first-order chi connectivity index (χ1) is 9.65. The number of carbonyl (C=O) groups is 2. The predicted molar refractivity (Wildman–Crippen MR) is 71.9 cm³/mol. The van der Waals surface area contributed by atoms with E-state index in [-0.39, 0.29) is 25.2 Å². The Labute approximate surface area is 118 Å². The summed E-state index contributed by atoms with van der Waals surface area (Å²) in [4.78, 5) is 25.4. The molecule has 0 spiro atoms. The molecule has 0 saturated carbocycles. The van der Waals surface area contributed by atoms with Crippen LogP contribution in [-0.2, 0) is 9.53 Å². The minimum absolute atomic E-state index is 0.0915. The Bertz CT molecular complexity index is 422. The van der Waals surface area contributed by atoms with Gasteiger partial charge in [-0.15, -0.1) is 0 Å². The van der Waals surface area contributed by atoms with Gasteiger partial charge < -0.3 is 20.5 Å². The summed E-state index contributed by atoms with van der Waals surface area (Å²) >= 11 is 0. The molecular formula is C13H21N3O4. The second-order valence-corrected chi connectivity index (χ2v) is 4.93. The van der Waals surface area contributed by atoms with Crippen LogP contribution in [0.4, 0.5) is 4.79 Å². The van der Waals surface area contributed by atoms with Crippen molar-refractivity contribution < 1.29 is 19.4 Å². The van der Waals surface area contributed by atoms with Crippen LogP contribution in [0, 0.1) is 0 Å². The number of aliphatic hydroxyl groups is 1. The van der Waals surface area contributed by atoms with Gasteiger partial charge in [-0.3, -0.25) is 4.90 Å². The number of carbonyl (C=O) groups excluding carboxylic acids is 2. The summed E-state index contributed by atoms with van der Waals surface area (Å²) in [5, 5.41) is 14.6. The number of hydrogen-bond donors (Lipinski definition) is 3. The molecule has 7 heteroatoms. The number of aliphatic hydroxyl groups excluding tert-OH is 1. The highest BCUT2D eigenvalue weighted by atomic mass is 16.5. The molecule has 2 aliphatic heterocycles. The molecule has 0 aromatic carbocycles. The van der Waals surface area contributed by atoms with Crippen molar-refractivity contribution in [2.75, 3.05) is 32.8 Å². The Morgan fingerprint density at radius 2 is 2.35 bits per heavy atom. The Morgan fingerprint density at radius 1 is 1.55 bits per heavy atom. The van der Waals surface area contributed by atoms with Crippen molar-refractivity contribution in [2.45, 2.75) is 25.8 Å². The van der Waals surface area contributed by atoms with Gasteiger partial charge in [0.1, 0.15) is 0 Å².